The van der Waals surface area contributed by atoms with Crippen molar-refractivity contribution < 1.29 is 0 Å². The number of nitrogens with zero attached hydrogens (tertiary/aromatic N) is 2. The predicted molar refractivity (Wildman–Crippen MR) is 73.0 cm³/mol. The molecule has 1 aromatic rings. The Hall–Kier alpha value is -1.31. The fraction of sp³-hybridized carbons (Fsp3) is 0.533. The van der Waals surface area contributed by atoms with Crippen molar-refractivity contribution >= 4 is 6.21 Å². The van der Waals surface area contributed by atoms with Gasteiger partial charge in [-0.2, -0.15) is 5.10 Å². The third-order valence-electron chi connectivity index (χ3n) is 3.53. The van der Waals surface area contributed by atoms with Crippen LogP contribution in [0.2, 0.25) is 0 Å². The highest BCUT2D eigenvalue weighted by atomic mass is 15.5. The molecule has 0 saturated carbocycles. The Morgan fingerprint density at radius 3 is 2.59 bits per heavy atom. The summed E-state index contributed by atoms with van der Waals surface area (Å²) in [4.78, 5) is 0. The van der Waals surface area contributed by atoms with Crippen LogP contribution in [0.5, 0.6) is 0 Å². The van der Waals surface area contributed by atoms with Gasteiger partial charge in [0.05, 0.1) is 12.6 Å². The third-order valence-corrected chi connectivity index (χ3v) is 3.53. The second-order valence-electron chi connectivity index (χ2n) is 4.78. The van der Waals surface area contributed by atoms with Gasteiger partial charge in [0.1, 0.15) is 0 Å². The van der Waals surface area contributed by atoms with E-state index in [0.29, 0.717) is 12.0 Å². The van der Waals surface area contributed by atoms with Crippen molar-refractivity contribution in [1.82, 2.24) is 5.01 Å². The molecular weight excluding hydrogens is 208 g/mol. The van der Waals surface area contributed by atoms with Gasteiger partial charge in [-0.15, -0.1) is 0 Å². The summed E-state index contributed by atoms with van der Waals surface area (Å²) in [6.07, 6.45) is 5.81. The molecule has 0 N–H and O–H groups in total. The monoisotopic (exact) mass is 230 g/mol. The number of rotatable bonds is 5. The van der Waals surface area contributed by atoms with E-state index < -0.39 is 0 Å². The molecule has 1 aromatic carbocycles. The molecule has 0 spiro atoms. The second kappa shape index (κ2) is 5.85. The molecule has 2 rings (SSSR count). The van der Waals surface area contributed by atoms with Crippen LogP contribution >= 0.6 is 0 Å². The van der Waals surface area contributed by atoms with Crippen LogP contribution in [-0.4, -0.2) is 17.3 Å². The molecule has 1 aliphatic rings. The Morgan fingerprint density at radius 2 is 1.94 bits per heavy atom. The Balaban J connectivity index is 2.03. The van der Waals surface area contributed by atoms with Crippen LogP contribution in [0.4, 0.5) is 0 Å². The van der Waals surface area contributed by atoms with Crippen molar-refractivity contribution in [3.05, 3.63) is 35.9 Å². The SMILES string of the molecule is CCC[C@H]1[C@H](CC)C=NN1Cc1ccccc1. The summed E-state index contributed by atoms with van der Waals surface area (Å²) in [5.41, 5.74) is 1.35. The maximum absolute atomic E-state index is 4.59. The Bertz CT molecular complexity index is 358. The van der Waals surface area contributed by atoms with E-state index in [1.807, 2.05) is 0 Å². The summed E-state index contributed by atoms with van der Waals surface area (Å²) < 4.78 is 0. The minimum absolute atomic E-state index is 0.602. The van der Waals surface area contributed by atoms with Crippen LogP contribution in [0.1, 0.15) is 38.7 Å². The number of hydrogen-bond acceptors (Lipinski definition) is 2. The Kier molecular flexibility index (Phi) is 4.18. The molecular formula is C15H22N2. The van der Waals surface area contributed by atoms with E-state index in [1.165, 1.54) is 24.8 Å². The first-order valence-electron chi connectivity index (χ1n) is 6.69. The summed E-state index contributed by atoms with van der Waals surface area (Å²) in [6, 6.07) is 11.2. The Labute approximate surface area is 104 Å². The van der Waals surface area contributed by atoms with E-state index in [2.05, 4.69) is 60.5 Å². The number of hydrogen-bond donors (Lipinski definition) is 0. The minimum atomic E-state index is 0.602. The van der Waals surface area contributed by atoms with E-state index in [-0.39, 0.29) is 0 Å². The Morgan fingerprint density at radius 1 is 1.18 bits per heavy atom. The molecule has 0 aliphatic carbocycles. The fourth-order valence-corrected chi connectivity index (χ4v) is 2.54. The largest absolute Gasteiger partial charge is 0.289 e. The van der Waals surface area contributed by atoms with E-state index in [9.17, 15) is 0 Å². The molecule has 2 nitrogen and oxygen atoms in total. The van der Waals surface area contributed by atoms with Gasteiger partial charge in [-0.1, -0.05) is 50.6 Å². The van der Waals surface area contributed by atoms with Crippen molar-refractivity contribution in [2.24, 2.45) is 11.0 Å². The van der Waals surface area contributed by atoms with E-state index in [0.717, 1.165) is 6.54 Å². The quantitative estimate of drug-likeness (QED) is 0.753. The second-order valence-corrected chi connectivity index (χ2v) is 4.78. The lowest BCUT2D eigenvalue weighted by molar-refractivity contribution is 0.179. The van der Waals surface area contributed by atoms with Crippen molar-refractivity contribution in [2.45, 2.75) is 45.7 Å². The lowest BCUT2D eigenvalue weighted by atomic mass is 9.95. The molecule has 0 unspecified atom stereocenters. The maximum atomic E-state index is 4.59. The van der Waals surface area contributed by atoms with Crippen molar-refractivity contribution in [2.75, 3.05) is 0 Å². The summed E-state index contributed by atoms with van der Waals surface area (Å²) >= 11 is 0. The van der Waals surface area contributed by atoms with Gasteiger partial charge < -0.3 is 0 Å². The molecule has 0 bridgehead atoms. The zero-order valence-electron chi connectivity index (χ0n) is 10.8. The first kappa shape index (κ1) is 12.2. The van der Waals surface area contributed by atoms with Gasteiger partial charge in [0.2, 0.25) is 0 Å². The van der Waals surface area contributed by atoms with Crippen LogP contribution in [0, 0.1) is 5.92 Å². The van der Waals surface area contributed by atoms with Crippen molar-refractivity contribution in [3.8, 4) is 0 Å². The van der Waals surface area contributed by atoms with Crippen LogP contribution in [0.15, 0.2) is 35.4 Å². The highest BCUT2D eigenvalue weighted by molar-refractivity contribution is 5.63. The zero-order chi connectivity index (χ0) is 12.1. The topological polar surface area (TPSA) is 15.6 Å². The zero-order valence-corrected chi connectivity index (χ0v) is 10.8. The first-order valence-corrected chi connectivity index (χ1v) is 6.69. The standard InChI is InChI=1S/C15H22N2/c1-3-8-15-14(4-2)11-16-17(15)12-13-9-6-5-7-10-13/h5-7,9-11,14-15H,3-4,8,12H2,1-2H3/t14-,15+/m1/s1. The van der Waals surface area contributed by atoms with Gasteiger partial charge in [-0.25, -0.2) is 0 Å². The normalized spacial score (nSPS) is 23.3. The molecule has 0 aromatic heterocycles. The van der Waals surface area contributed by atoms with Crippen LogP contribution < -0.4 is 0 Å². The average molecular weight is 230 g/mol. The molecule has 0 saturated heterocycles. The molecule has 0 fully saturated rings. The molecule has 1 aliphatic heterocycles. The van der Waals surface area contributed by atoms with Gasteiger partial charge in [-0.05, 0) is 18.4 Å². The van der Waals surface area contributed by atoms with E-state index in [4.69, 9.17) is 0 Å². The summed E-state index contributed by atoms with van der Waals surface area (Å²) in [6.45, 7) is 5.45. The average Bonchev–Trinajstić information content (AvgIpc) is 2.74. The fourth-order valence-electron chi connectivity index (χ4n) is 2.54. The highest BCUT2D eigenvalue weighted by Crippen LogP contribution is 2.25. The number of benzene rings is 1. The molecule has 17 heavy (non-hydrogen) atoms. The summed E-state index contributed by atoms with van der Waals surface area (Å²) in [7, 11) is 0. The number of hydrazone groups is 1. The molecule has 0 radical (unpaired) electrons. The minimum Gasteiger partial charge on any atom is -0.289 e. The van der Waals surface area contributed by atoms with E-state index in [1.54, 1.807) is 0 Å². The van der Waals surface area contributed by atoms with Crippen LogP contribution in [0.3, 0.4) is 0 Å². The van der Waals surface area contributed by atoms with Gasteiger partial charge >= 0.3 is 0 Å². The smallest absolute Gasteiger partial charge is 0.0614 e. The van der Waals surface area contributed by atoms with Gasteiger partial charge in [0.25, 0.3) is 0 Å². The van der Waals surface area contributed by atoms with Crippen LogP contribution in [-0.2, 0) is 6.54 Å². The van der Waals surface area contributed by atoms with Gasteiger partial charge in [0, 0.05) is 12.1 Å². The van der Waals surface area contributed by atoms with Gasteiger partial charge in [-0.3, -0.25) is 5.01 Å². The molecule has 92 valence electrons. The van der Waals surface area contributed by atoms with E-state index >= 15 is 0 Å². The molecule has 2 heteroatoms. The highest BCUT2D eigenvalue weighted by Gasteiger charge is 2.28. The van der Waals surface area contributed by atoms with Crippen molar-refractivity contribution in [3.63, 3.8) is 0 Å². The summed E-state index contributed by atoms with van der Waals surface area (Å²) in [5, 5.41) is 6.86. The summed E-state index contributed by atoms with van der Waals surface area (Å²) in [5.74, 6) is 0.638. The lowest BCUT2D eigenvalue weighted by Crippen LogP contribution is -2.31. The third kappa shape index (κ3) is 2.87. The predicted octanol–water partition coefficient (Wildman–Crippen LogP) is 3.68. The van der Waals surface area contributed by atoms with Gasteiger partial charge in [0.15, 0.2) is 0 Å². The molecule has 0 amide bonds. The molecule has 1 heterocycles. The van der Waals surface area contributed by atoms with Crippen molar-refractivity contribution in [1.29, 1.82) is 0 Å². The maximum Gasteiger partial charge on any atom is 0.0614 e. The molecule has 2 atom stereocenters. The lowest BCUT2D eigenvalue weighted by Gasteiger charge is -2.27. The van der Waals surface area contributed by atoms with Crippen LogP contribution in [0.25, 0.3) is 0 Å². The first-order chi connectivity index (χ1) is 8.35.